The lowest BCUT2D eigenvalue weighted by atomic mass is 9.49. The third-order valence-electron chi connectivity index (χ3n) is 14.8. The van der Waals surface area contributed by atoms with Gasteiger partial charge in [0, 0.05) is 74.3 Å². The Morgan fingerprint density at radius 3 is 2.35 bits per heavy atom. The lowest BCUT2D eigenvalue weighted by Gasteiger charge is -2.63. The van der Waals surface area contributed by atoms with E-state index in [2.05, 4.69) is 64.3 Å². The van der Waals surface area contributed by atoms with Crippen molar-refractivity contribution in [3.05, 3.63) is 111 Å². The molecule has 2 saturated heterocycles. The number of thiazole rings is 1. The number of aliphatic hydroxyl groups is 1. The molecule has 3 N–H and O–H groups in total. The number of hydrogen-bond donors (Lipinski definition) is 3. The van der Waals surface area contributed by atoms with Gasteiger partial charge >= 0.3 is 0 Å². The number of nitrogens with one attached hydrogen (secondary N) is 2. The number of aryl methyl sites for hydroxylation is 2. The molecular weight excluding hydrogens is 938 g/mol. The van der Waals surface area contributed by atoms with E-state index >= 15 is 0 Å². The Kier molecular flexibility index (Phi) is 15.6. The molecule has 376 valence electrons. The van der Waals surface area contributed by atoms with Crippen LogP contribution in [-0.4, -0.2) is 111 Å². The highest BCUT2D eigenvalue weighted by Crippen LogP contribution is 2.55. The summed E-state index contributed by atoms with van der Waals surface area (Å²) in [6.07, 6.45) is 3.39. The monoisotopic (exact) mass is 1000 g/mol. The number of carbonyl (C=O) groups is 3. The van der Waals surface area contributed by atoms with E-state index in [0.29, 0.717) is 34.1 Å². The molecule has 71 heavy (non-hydrogen) atoms. The normalized spacial score (nSPS) is 21.5. The van der Waals surface area contributed by atoms with Gasteiger partial charge in [-0.1, -0.05) is 82.6 Å². The van der Waals surface area contributed by atoms with Crippen LogP contribution in [0.25, 0.3) is 10.4 Å². The third kappa shape index (κ3) is 11.1. The van der Waals surface area contributed by atoms with Gasteiger partial charge in [0.25, 0.3) is 5.91 Å². The number of amides is 3. The molecular formula is C54H66ClN9O6S. The number of hydrogen-bond acceptors (Lipinski definition) is 13. The predicted octanol–water partition coefficient (Wildman–Crippen LogP) is 8.36. The Morgan fingerprint density at radius 1 is 0.986 bits per heavy atom. The molecule has 0 radical (unpaired) electrons. The number of benzene rings is 2. The highest BCUT2D eigenvalue weighted by molar-refractivity contribution is 7.13. The minimum atomic E-state index is -0.809. The maximum atomic E-state index is 14.2. The van der Waals surface area contributed by atoms with Crippen molar-refractivity contribution in [2.24, 2.45) is 16.7 Å². The first-order chi connectivity index (χ1) is 33.8. The lowest BCUT2D eigenvalue weighted by molar-refractivity contribution is -0.164. The second kappa shape index (κ2) is 21.5. The van der Waals surface area contributed by atoms with E-state index in [9.17, 15) is 24.8 Å². The SMILES string of the molecule is Cc1ncsc1-c1ccc([C@H](C)NC(=O)[C@@H]2C[C@@H](O)CN2C(=O)[C@@H](c2cc(CCCCN3CCN(c4ccc(C(=O)NC5C(C)(C)C(Oc6ccc(C#N)c(Cl)c6)C5(C)C)cn4)CC3)no2)C(C)C)cc1. The van der Waals surface area contributed by atoms with Crippen molar-refractivity contribution < 1.29 is 28.8 Å². The Bertz CT molecular complexity index is 2710. The molecule has 2 aromatic carbocycles. The molecule has 5 heterocycles. The topological polar surface area (TPSA) is 190 Å². The van der Waals surface area contributed by atoms with Crippen molar-refractivity contribution in [2.45, 2.75) is 117 Å². The number of rotatable bonds is 17. The molecule has 3 fully saturated rings. The van der Waals surface area contributed by atoms with Crippen LogP contribution in [0.15, 0.2) is 76.9 Å². The lowest BCUT2D eigenvalue weighted by Crippen LogP contribution is -2.74. The molecule has 15 nitrogen and oxygen atoms in total. The first-order valence-electron chi connectivity index (χ1n) is 24.7. The van der Waals surface area contributed by atoms with Crippen molar-refractivity contribution >= 4 is 46.5 Å². The number of pyridine rings is 1. The maximum Gasteiger partial charge on any atom is 0.253 e. The zero-order valence-corrected chi connectivity index (χ0v) is 43.5. The fourth-order valence-corrected chi connectivity index (χ4v) is 12.1. The second-order valence-corrected chi connectivity index (χ2v) is 22.2. The van der Waals surface area contributed by atoms with Gasteiger partial charge in [-0.15, -0.1) is 11.3 Å². The van der Waals surface area contributed by atoms with Crippen LogP contribution in [0, 0.1) is 35.0 Å². The van der Waals surface area contributed by atoms with Gasteiger partial charge in [-0.05, 0) is 81.0 Å². The highest BCUT2D eigenvalue weighted by Gasteiger charge is 2.64. The van der Waals surface area contributed by atoms with Crippen LogP contribution in [0.1, 0.15) is 118 Å². The maximum absolute atomic E-state index is 14.2. The van der Waals surface area contributed by atoms with Crippen molar-refractivity contribution in [2.75, 3.05) is 44.2 Å². The molecule has 3 aromatic heterocycles. The number of nitrogens with zero attached hydrogens (tertiary/aromatic N) is 7. The predicted molar refractivity (Wildman–Crippen MR) is 274 cm³/mol. The molecule has 1 aliphatic carbocycles. The molecule has 0 unspecified atom stereocenters. The number of anilines is 1. The van der Waals surface area contributed by atoms with Gasteiger partial charge in [0.15, 0.2) is 0 Å². The number of piperazine rings is 1. The second-order valence-electron chi connectivity index (χ2n) is 20.9. The van der Waals surface area contributed by atoms with Crippen LogP contribution in [0.5, 0.6) is 5.75 Å². The first kappa shape index (κ1) is 51.5. The van der Waals surface area contributed by atoms with Gasteiger partial charge in [-0.2, -0.15) is 5.26 Å². The van der Waals surface area contributed by atoms with E-state index in [4.69, 9.17) is 25.8 Å². The molecule has 1 saturated carbocycles. The number of unbranched alkanes of at least 4 members (excludes halogenated alkanes) is 1. The zero-order valence-electron chi connectivity index (χ0n) is 41.9. The Morgan fingerprint density at radius 2 is 1.72 bits per heavy atom. The molecule has 3 amide bonds. The minimum Gasteiger partial charge on any atom is -0.489 e. The number of ether oxygens (including phenoxy) is 1. The van der Waals surface area contributed by atoms with Gasteiger partial charge in [0.1, 0.15) is 41.5 Å². The number of β-amino-alcohol motifs (C(OH)–C–C–N with tert-alkyl or cyclic N) is 1. The molecule has 4 atom stereocenters. The van der Waals surface area contributed by atoms with Crippen molar-refractivity contribution in [3.8, 4) is 22.3 Å². The molecule has 5 aromatic rings. The van der Waals surface area contributed by atoms with Crippen LogP contribution in [0.4, 0.5) is 5.82 Å². The summed E-state index contributed by atoms with van der Waals surface area (Å²) in [5.74, 6) is 0.389. The number of halogens is 1. The largest absolute Gasteiger partial charge is 0.489 e. The third-order valence-corrected chi connectivity index (χ3v) is 16.0. The average molecular weight is 1000 g/mol. The van der Waals surface area contributed by atoms with Gasteiger partial charge in [-0.3, -0.25) is 19.3 Å². The highest BCUT2D eigenvalue weighted by atomic mass is 35.5. The summed E-state index contributed by atoms with van der Waals surface area (Å²) >= 11 is 7.86. The van der Waals surface area contributed by atoms with Crippen LogP contribution in [-0.2, 0) is 16.0 Å². The van der Waals surface area contributed by atoms with Gasteiger partial charge in [0.2, 0.25) is 11.8 Å². The van der Waals surface area contributed by atoms with E-state index in [1.807, 2.05) is 75.7 Å². The molecule has 0 bridgehead atoms. The van der Waals surface area contributed by atoms with Crippen LogP contribution < -0.4 is 20.3 Å². The van der Waals surface area contributed by atoms with Gasteiger partial charge in [0.05, 0.1) is 50.1 Å². The smallest absolute Gasteiger partial charge is 0.253 e. The standard InChI is InChI=1S/C54H66ClN9O6S/c1-32(2)46(50(68)64-30-40(65)26-43(64)49(67)59-33(3)35-12-14-36(15-13-35)47-34(4)58-31-71-47)44-25-39(61-70-44)11-9-10-20-62-21-23-63(24-22-62)45-19-17-38(29-57-45)48(66)60-51-53(5,6)52(54(51,7)8)69-41-18-16-37(28-56)42(55)27-41/h12-19,25,27,29,31-33,40,43,46,51-52,65H,9-11,20-24,26,30H2,1-8H3,(H,59,67)(H,60,66)/t33-,40+,43-,46+,51?,52?/m0/s1. The van der Waals surface area contributed by atoms with E-state index < -0.39 is 18.1 Å². The van der Waals surface area contributed by atoms with Gasteiger partial charge < -0.3 is 34.8 Å². The van der Waals surface area contributed by atoms with Crippen LogP contribution in [0.3, 0.4) is 0 Å². The number of aromatic nitrogens is 3. The number of likely N-dealkylation sites (tertiary alicyclic amines) is 1. The van der Waals surface area contributed by atoms with E-state index in [1.54, 1.807) is 35.7 Å². The summed E-state index contributed by atoms with van der Waals surface area (Å²) < 4.78 is 12.2. The summed E-state index contributed by atoms with van der Waals surface area (Å²) in [6, 6.07) is 19.6. The zero-order chi connectivity index (χ0) is 50.8. The van der Waals surface area contributed by atoms with Crippen molar-refractivity contribution in [3.63, 3.8) is 0 Å². The Labute approximate surface area is 425 Å². The summed E-state index contributed by atoms with van der Waals surface area (Å²) in [5, 5.41) is 31.0. The van der Waals surface area contributed by atoms with E-state index in [0.717, 1.165) is 78.8 Å². The molecule has 8 rings (SSSR count). The van der Waals surface area contributed by atoms with E-state index in [1.165, 1.54) is 4.90 Å². The van der Waals surface area contributed by atoms with Crippen molar-refractivity contribution in [1.29, 1.82) is 5.26 Å². The molecule has 0 spiro atoms. The average Bonchev–Trinajstić information content (AvgIpc) is 4.11. The molecule has 3 aliphatic rings. The summed E-state index contributed by atoms with van der Waals surface area (Å²) in [5.41, 5.74) is 5.75. The fraction of sp³-hybridized carbons (Fsp3) is 0.500. The van der Waals surface area contributed by atoms with Gasteiger partial charge in [-0.25, -0.2) is 9.97 Å². The molecule has 17 heteroatoms. The Balaban J connectivity index is 0.768. The molecule has 2 aliphatic heterocycles. The summed E-state index contributed by atoms with van der Waals surface area (Å²) in [7, 11) is 0. The number of carbonyl (C=O) groups excluding carboxylic acids is 3. The first-order valence-corrected chi connectivity index (χ1v) is 26.0. The number of aliphatic hydroxyl groups excluding tert-OH is 1. The minimum absolute atomic E-state index is 0.0748. The fourth-order valence-electron chi connectivity index (χ4n) is 11.1. The summed E-state index contributed by atoms with van der Waals surface area (Å²) in [6.45, 7) is 20.6. The van der Waals surface area contributed by atoms with E-state index in [-0.39, 0.29) is 65.6 Å². The number of nitriles is 1. The van der Waals surface area contributed by atoms with Crippen LogP contribution in [0.2, 0.25) is 5.02 Å². The summed E-state index contributed by atoms with van der Waals surface area (Å²) in [4.78, 5) is 57.9. The van der Waals surface area contributed by atoms with Crippen LogP contribution >= 0.6 is 22.9 Å². The quantitative estimate of drug-likeness (QED) is 0.0756. The van der Waals surface area contributed by atoms with Crippen molar-refractivity contribution in [1.82, 2.24) is 35.6 Å². The Hall–Kier alpha value is -5.86.